The van der Waals surface area contributed by atoms with Crippen LogP contribution >= 0.6 is 0 Å². The highest BCUT2D eigenvalue weighted by molar-refractivity contribution is 5.91. The lowest BCUT2D eigenvalue weighted by molar-refractivity contribution is 0.0993. The maximum Gasteiger partial charge on any atom is 0.267 e. The molecule has 0 aliphatic carbocycles. The Morgan fingerprint density at radius 1 is 1.33 bits per heavy atom. The minimum Gasteiger partial charge on any atom is -0.364 e. The number of nitrogens with two attached hydrogens (primary N) is 1. The van der Waals surface area contributed by atoms with Gasteiger partial charge in [-0.1, -0.05) is 18.2 Å². The topological polar surface area (TPSA) is 60.9 Å². The van der Waals surface area contributed by atoms with Gasteiger partial charge in [0.25, 0.3) is 5.91 Å². The molecular weight excluding hydrogens is 190 g/mol. The van der Waals surface area contributed by atoms with Crippen molar-refractivity contribution in [3.63, 3.8) is 0 Å². The van der Waals surface area contributed by atoms with Gasteiger partial charge in [0.15, 0.2) is 0 Å². The second kappa shape index (κ2) is 3.57. The number of hydrogen-bond acceptors (Lipinski definition) is 2. The van der Waals surface area contributed by atoms with E-state index in [1.807, 2.05) is 31.2 Å². The first kappa shape index (κ1) is 9.45. The van der Waals surface area contributed by atoms with Gasteiger partial charge in [0, 0.05) is 0 Å². The minimum atomic E-state index is -0.476. The van der Waals surface area contributed by atoms with Crippen LogP contribution in [0.25, 0.3) is 5.69 Å². The lowest BCUT2D eigenvalue weighted by Gasteiger charge is -2.07. The van der Waals surface area contributed by atoms with Crippen molar-refractivity contribution in [3.05, 3.63) is 47.8 Å². The number of para-hydroxylation sites is 1. The molecule has 0 saturated carbocycles. The molecule has 0 aliphatic heterocycles. The molecule has 0 atom stereocenters. The van der Waals surface area contributed by atoms with E-state index in [2.05, 4.69) is 5.10 Å². The van der Waals surface area contributed by atoms with Gasteiger partial charge in [-0.2, -0.15) is 5.10 Å². The van der Waals surface area contributed by atoms with Gasteiger partial charge in [-0.05, 0) is 24.6 Å². The number of nitrogens with zero attached hydrogens (tertiary/aromatic N) is 2. The predicted octanol–water partition coefficient (Wildman–Crippen LogP) is 1.28. The Morgan fingerprint density at radius 2 is 2.07 bits per heavy atom. The first-order valence-corrected chi connectivity index (χ1v) is 4.60. The Balaban J connectivity index is 2.59. The van der Waals surface area contributed by atoms with E-state index in [1.165, 1.54) is 0 Å². The van der Waals surface area contributed by atoms with Crippen LogP contribution in [-0.4, -0.2) is 15.7 Å². The zero-order valence-corrected chi connectivity index (χ0v) is 8.34. The number of amides is 1. The predicted molar refractivity (Wildman–Crippen MR) is 56.8 cm³/mol. The van der Waals surface area contributed by atoms with Gasteiger partial charge in [0.05, 0.1) is 11.9 Å². The zero-order chi connectivity index (χ0) is 10.8. The molecule has 0 saturated heterocycles. The average molecular weight is 201 g/mol. The Bertz CT molecular complexity index is 502. The largest absolute Gasteiger partial charge is 0.364 e. The molecule has 0 radical (unpaired) electrons. The molecule has 15 heavy (non-hydrogen) atoms. The van der Waals surface area contributed by atoms with Crippen LogP contribution in [0.15, 0.2) is 36.5 Å². The molecule has 0 aliphatic rings. The van der Waals surface area contributed by atoms with Crippen LogP contribution in [0.4, 0.5) is 0 Å². The quantitative estimate of drug-likeness (QED) is 0.795. The smallest absolute Gasteiger partial charge is 0.267 e. The van der Waals surface area contributed by atoms with Gasteiger partial charge < -0.3 is 5.73 Å². The van der Waals surface area contributed by atoms with E-state index in [4.69, 9.17) is 5.73 Å². The SMILES string of the molecule is Cc1ccccc1-n1nccc1C(N)=O. The number of rotatable bonds is 2. The Kier molecular flexibility index (Phi) is 2.25. The summed E-state index contributed by atoms with van der Waals surface area (Å²) in [6, 6.07) is 9.30. The summed E-state index contributed by atoms with van der Waals surface area (Å²) in [5.74, 6) is -0.476. The normalized spacial score (nSPS) is 10.2. The molecule has 1 aromatic heterocycles. The summed E-state index contributed by atoms with van der Waals surface area (Å²) < 4.78 is 1.55. The van der Waals surface area contributed by atoms with E-state index >= 15 is 0 Å². The molecule has 1 amide bonds. The Morgan fingerprint density at radius 3 is 2.73 bits per heavy atom. The van der Waals surface area contributed by atoms with Gasteiger partial charge >= 0.3 is 0 Å². The number of aryl methyl sites for hydroxylation is 1. The molecular formula is C11H11N3O. The van der Waals surface area contributed by atoms with Gasteiger partial charge in [0.1, 0.15) is 5.69 Å². The molecule has 2 N–H and O–H groups in total. The monoisotopic (exact) mass is 201 g/mol. The van der Waals surface area contributed by atoms with Crippen LogP contribution in [0.2, 0.25) is 0 Å². The number of carbonyl (C=O) groups excluding carboxylic acids is 1. The summed E-state index contributed by atoms with van der Waals surface area (Å²) in [4.78, 5) is 11.1. The van der Waals surface area contributed by atoms with Crippen LogP contribution in [0, 0.1) is 6.92 Å². The second-order valence-electron chi connectivity index (χ2n) is 3.28. The molecule has 1 heterocycles. The number of benzene rings is 1. The van der Waals surface area contributed by atoms with Gasteiger partial charge in [0.2, 0.25) is 0 Å². The summed E-state index contributed by atoms with van der Waals surface area (Å²) >= 11 is 0. The van der Waals surface area contributed by atoms with Crippen LogP contribution in [0.5, 0.6) is 0 Å². The van der Waals surface area contributed by atoms with Crippen molar-refractivity contribution in [1.82, 2.24) is 9.78 Å². The molecule has 2 rings (SSSR count). The number of primary amides is 1. The van der Waals surface area contributed by atoms with E-state index in [-0.39, 0.29) is 0 Å². The number of aromatic nitrogens is 2. The highest BCUT2D eigenvalue weighted by atomic mass is 16.1. The molecule has 0 bridgehead atoms. The van der Waals surface area contributed by atoms with Crippen molar-refractivity contribution < 1.29 is 4.79 Å². The van der Waals surface area contributed by atoms with E-state index < -0.39 is 5.91 Å². The van der Waals surface area contributed by atoms with Crippen molar-refractivity contribution >= 4 is 5.91 Å². The van der Waals surface area contributed by atoms with E-state index in [0.717, 1.165) is 11.3 Å². The Hall–Kier alpha value is -2.10. The molecule has 2 aromatic rings. The Labute approximate surface area is 87.3 Å². The third-order valence-electron chi connectivity index (χ3n) is 2.24. The fraction of sp³-hybridized carbons (Fsp3) is 0.0909. The maximum absolute atomic E-state index is 11.1. The molecule has 0 fully saturated rings. The van der Waals surface area contributed by atoms with E-state index in [0.29, 0.717) is 5.69 Å². The van der Waals surface area contributed by atoms with Gasteiger partial charge in [-0.3, -0.25) is 4.79 Å². The number of carbonyl (C=O) groups is 1. The van der Waals surface area contributed by atoms with E-state index in [9.17, 15) is 4.79 Å². The van der Waals surface area contributed by atoms with Crippen LogP contribution in [-0.2, 0) is 0 Å². The van der Waals surface area contributed by atoms with Crippen LogP contribution in [0.1, 0.15) is 16.1 Å². The molecule has 4 nitrogen and oxygen atoms in total. The summed E-state index contributed by atoms with van der Waals surface area (Å²) in [5.41, 5.74) is 7.56. The molecule has 1 aromatic carbocycles. The second-order valence-corrected chi connectivity index (χ2v) is 3.28. The highest BCUT2D eigenvalue weighted by Gasteiger charge is 2.10. The molecule has 76 valence electrons. The third kappa shape index (κ3) is 1.61. The average Bonchev–Trinajstić information content (AvgIpc) is 2.67. The molecule has 0 unspecified atom stereocenters. The minimum absolute atomic E-state index is 0.393. The van der Waals surface area contributed by atoms with Gasteiger partial charge in [-0.15, -0.1) is 0 Å². The summed E-state index contributed by atoms with van der Waals surface area (Å²) in [7, 11) is 0. The first-order chi connectivity index (χ1) is 7.20. The van der Waals surface area contributed by atoms with Gasteiger partial charge in [-0.25, -0.2) is 4.68 Å². The fourth-order valence-electron chi connectivity index (χ4n) is 1.48. The fourth-order valence-corrected chi connectivity index (χ4v) is 1.48. The number of hydrogen-bond donors (Lipinski definition) is 1. The maximum atomic E-state index is 11.1. The molecule has 0 spiro atoms. The lowest BCUT2D eigenvalue weighted by atomic mass is 10.2. The zero-order valence-electron chi connectivity index (χ0n) is 8.34. The van der Waals surface area contributed by atoms with Crippen molar-refractivity contribution in [2.24, 2.45) is 5.73 Å². The highest BCUT2D eigenvalue weighted by Crippen LogP contribution is 2.14. The molecule has 4 heteroatoms. The summed E-state index contributed by atoms with van der Waals surface area (Å²) in [5, 5.41) is 4.08. The van der Waals surface area contributed by atoms with Crippen molar-refractivity contribution in [3.8, 4) is 5.69 Å². The summed E-state index contributed by atoms with van der Waals surface area (Å²) in [6.07, 6.45) is 1.56. The standard InChI is InChI=1S/C11H11N3O/c1-8-4-2-3-5-9(8)14-10(11(12)15)6-7-13-14/h2-7H,1H3,(H2,12,15). The van der Waals surface area contributed by atoms with Crippen molar-refractivity contribution in [1.29, 1.82) is 0 Å². The third-order valence-corrected chi connectivity index (χ3v) is 2.24. The first-order valence-electron chi connectivity index (χ1n) is 4.60. The van der Waals surface area contributed by atoms with E-state index in [1.54, 1.807) is 16.9 Å². The summed E-state index contributed by atoms with van der Waals surface area (Å²) in [6.45, 7) is 1.96. The van der Waals surface area contributed by atoms with Crippen LogP contribution < -0.4 is 5.73 Å². The van der Waals surface area contributed by atoms with Crippen molar-refractivity contribution in [2.75, 3.05) is 0 Å². The van der Waals surface area contributed by atoms with Crippen LogP contribution in [0.3, 0.4) is 0 Å². The lowest BCUT2D eigenvalue weighted by Crippen LogP contribution is -2.17. The van der Waals surface area contributed by atoms with Crippen molar-refractivity contribution in [2.45, 2.75) is 6.92 Å².